The van der Waals surface area contributed by atoms with Crippen LogP contribution >= 0.6 is 11.6 Å². The maximum Gasteiger partial charge on any atom is 0.176 e. The maximum atomic E-state index is 12.8. The molecule has 0 aromatic heterocycles. The third-order valence-corrected chi connectivity index (χ3v) is 5.81. The van der Waals surface area contributed by atoms with Gasteiger partial charge in [0.2, 0.25) is 0 Å². The van der Waals surface area contributed by atoms with Gasteiger partial charge in [0, 0.05) is 16.6 Å². The minimum atomic E-state index is -1.38. The van der Waals surface area contributed by atoms with E-state index in [0.717, 1.165) is 16.8 Å². The van der Waals surface area contributed by atoms with Crippen LogP contribution in [0.3, 0.4) is 0 Å². The molecule has 0 saturated carbocycles. The van der Waals surface area contributed by atoms with Gasteiger partial charge < -0.3 is 4.90 Å². The first-order valence-corrected chi connectivity index (χ1v) is 9.05. The van der Waals surface area contributed by atoms with Crippen molar-refractivity contribution < 1.29 is 4.79 Å². The Kier molecular flexibility index (Phi) is 4.02. The fourth-order valence-electron chi connectivity index (χ4n) is 4.43. The molecule has 0 amide bonds. The number of para-hydroxylation sites is 1. The number of anilines is 1. The second kappa shape index (κ2) is 6.27. The van der Waals surface area contributed by atoms with Crippen molar-refractivity contribution in [2.24, 2.45) is 5.41 Å². The van der Waals surface area contributed by atoms with E-state index in [-0.39, 0.29) is 5.78 Å². The third kappa shape index (κ3) is 2.38. The molecule has 0 unspecified atom stereocenters. The van der Waals surface area contributed by atoms with Gasteiger partial charge in [0.15, 0.2) is 11.2 Å². The number of benzene rings is 2. The Morgan fingerprint density at radius 2 is 1.78 bits per heavy atom. The summed E-state index contributed by atoms with van der Waals surface area (Å²) in [5.41, 5.74) is 1.23. The highest BCUT2D eigenvalue weighted by Crippen LogP contribution is 2.55. The van der Waals surface area contributed by atoms with Crippen LogP contribution in [0.1, 0.15) is 24.0 Å². The van der Waals surface area contributed by atoms with Crippen LogP contribution in [0.4, 0.5) is 5.69 Å². The first-order chi connectivity index (χ1) is 13.0. The molecule has 2 aromatic carbocycles. The second-order valence-corrected chi connectivity index (χ2v) is 7.38. The first-order valence-electron chi connectivity index (χ1n) is 8.67. The molecule has 0 spiro atoms. The van der Waals surface area contributed by atoms with Gasteiger partial charge in [-0.15, -0.1) is 0 Å². The van der Waals surface area contributed by atoms with Gasteiger partial charge in [-0.2, -0.15) is 10.5 Å². The molecular formula is C22H16ClN3O. The quantitative estimate of drug-likeness (QED) is 0.785. The van der Waals surface area contributed by atoms with Crippen LogP contribution in [-0.2, 0) is 4.79 Å². The van der Waals surface area contributed by atoms with E-state index < -0.39 is 23.4 Å². The molecule has 2 aromatic rings. The summed E-state index contributed by atoms with van der Waals surface area (Å²) in [6.45, 7) is 1.52. The van der Waals surface area contributed by atoms with Gasteiger partial charge in [0.25, 0.3) is 0 Å². The van der Waals surface area contributed by atoms with Crippen molar-refractivity contribution in [3.8, 4) is 12.1 Å². The molecule has 1 fully saturated rings. The zero-order chi connectivity index (χ0) is 19.2. The second-order valence-electron chi connectivity index (χ2n) is 6.95. The lowest BCUT2D eigenvalue weighted by Gasteiger charge is -2.35. The largest absolute Gasteiger partial charge is 0.351 e. The van der Waals surface area contributed by atoms with E-state index in [1.807, 2.05) is 41.3 Å². The van der Waals surface area contributed by atoms with E-state index in [4.69, 9.17) is 11.6 Å². The van der Waals surface area contributed by atoms with Gasteiger partial charge in [-0.1, -0.05) is 54.1 Å². The third-order valence-electron chi connectivity index (χ3n) is 5.56. The van der Waals surface area contributed by atoms with Crippen molar-refractivity contribution in [1.29, 1.82) is 10.5 Å². The van der Waals surface area contributed by atoms with E-state index in [0.29, 0.717) is 5.02 Å². The summed E-state index contributed by atoms with van der Waals surface area (Å²) in [7, 11) is 0. The molecule has 2 aliphatic rings. The van der Waals surface area contributed by atoms with Gasteiger partial charge in [0.05, 0.1) is 24.2 Å². The molecule has 4 nitrogen and oxygen atoms in total. The van der Waals surface area contributed by atoms with E-state index in [1.165, 1.54) is 6.92 Å². The smallest absolute Gasteiger partial charge is 0.176 e. The Bertz CT molecular complexity index is 1010. The van der Waals surface area contributed by atoms with E-state index in [2.05, 4.69) is 12.1 Å². The fourth-order valence-corrected chi connectivity index (χ4v) is 4.56. The SMILES string of the molecule is CC(=O)[C@H]1[C@@H](c2ccc(Cl)cc2)C(C#N)(C#N)[C@H]2C=Cc3ccccc3N12. The van der Waals surface area contributed by atoms with Crippen LogP contribution in [-0.4, -0.2) is 17.9 Å². The average Bonchev–Trinajstić information content (AvgIpc) is 3.00. The average molecular weight is 374 g/mol. The zero-order valence-electron chi connectivity index (χ0n) is 14.6. The number of carbonyl (C=O) groups is 1. The van der Waals surface area contributed by atoms with Crippen molar-refractivity contribution in [3.63, 3.8) is 0 Å². The zero-order valence-corrected chi connectivity index (χ0v) is 15.4. The highest BCUT2D eigenvalue weighted by atomic mass is 35.5. The maximum absolute atomic E-state index is 12.8. The summed E-state index contributed by atoms with van der Waals surface area (Å²) in [5, 5.41) is 20.8. The van der Waals surface area contributed by atoms with Gasteiger partial charge in [0.1, 0.15) is 0 Å². The van der Waals surface area contributed by atoms with Crippen LogP contribution in [0.25, 0.3) is 6.08 Å². The van der Waals surface area contributed by atoms with E-state index >= 15 is 0 Å². The standard InChI is InChI=1S/C22H16ClN3O/c1-14(27)21-20(16-6-9-17(23)10-7-16)22(12-24,13-25)19-11-8-15-4-2-3-5-18(15)26(19)21/h2-11,19-21H,1H3/t19-,20-,21+/m1/s1. The summed E-state index contributed by atoms with van der Waals surface area (Å²) >= 11 is 6.03. The Morgan fingerprint density at radius 3 is 2.41 bits per heavy atom. The Hall–Kier alpha value is -3.08. The highest BCUT2D eigenvalue weighted by Gasteiger charge is 2.62. The van der Waals surface area contributed by atoms with Gasteiger partial charge in [-0.3, -0.25) is 4.79 Å². The Morgan fingerprint density at radius 1 is 1.11 bits per heavy atom. The number of rotatable bonds is 2. The number of nitriles is 2. The summed E-state index contributed by atoms with van der Waals surface area (Å²) in [6, 6.07) is 18.2. The number of ketones is 1. The molecule has 5 heteroatoms. The van der Waals surface area contributed by atoms with Gasteiger partial charge in [-0.05, 0) is 36.2 Å². The van der Waals surface area contributed by atoms with Crippen LogP contribution in [0.5, 0.6) is 0 Å². The van der Waals surface area contributed by atoms with Gasteiger partial charge in [-0.25, -0.2) is 0 Å². The molecule has 0 N–H and O–H groups in total. The molecule has 0 bridgehead atoms. The molecule has 0 radical (unpaired) electrons. The fraction of sp³-hybridized carbons (Fsp3) is 0.227. The van der Waals surface area contributed by atoms with Crippen molar-refractivity contribution >= 4 is 29.1 Å². The highest BCUT2D eigenvalue weighted by molar-refractivity contribution is 6.30. The van der Waals surface area contributed by atoms with Gasteiger partial charge >= 0.3 is 0 Å². The van der Waals surface area contributed by atoms with Crippen LogP contribution in [0.2, 0.25) is 5.02 Å². The Labute approximate surface area is 162 Å². The summed E-state index contributed by atoms with van der Waals surface area (Å²) < 4.78 is 0. The molecule has 2 aliphatic heterocycles. The molecule has 27 heavy (non-hydrogen) atoms. The first kappa shape index (κ1) is 17.3. The number of hydrogen-bond donors (Lipinski definition) is 0. The summed E-state index contributed by atoms with van der Waals surface area (Å²) in [4.78, 5) is 14.7. The molecule has 3 atom stereocenters. The normalized spacial score (nSPS) is 24.4. The minimum Gasteiger partial charge on any atom is -0.351 e. The molecular weight excluding hydrogens is 358 g/mol. The van der Waals surface area contributed by atoms with E-state index in [9.17, 15) is 15.3 Å². The number of carbonyl (C=O) groups excluding carboxylic acids is 1. The van der Waals surface area contributed by atoms with Crippen molar-refractivity contribution in [2.45, 2.75) is 24.9 Å². The minimum absolute atomic E-state index is 0.0718. The number of nitrogens with zero attached hydrogens (tertiary/aromatic N) is 3. The number of halogens is 1. The summed E-state index contributed by atoms with van der Waals surface area (Å²) in [6.07, 6.45) is 3.81. The van der Waals surface area contributed by atoms with Crippen molar-refractivity contribution in [3.05, 3.63) is 70.8 Å². The van der Waals surface area contributed by atoms with E-state index in [1.54, 1.807) is 24.3 Å². The summed E-state index contributed by atoms with van der Waals surface area (Å²) in [5.74, 6) is -0.652. The molecule has 0 aliphatic carbocycles. The lowest BCUT2D eigenvalue weighted by molar-refractivity contribution is -0.118. The molecule has 132 valence electrons. The Balaban J connectivity index is 1.99. The number of Topliss-reactive ketones (excluding diaryl/α,β-unsaturated/α-hetero) is 1. The van der Waals surface area contributed by atoms with Crippen LogP contribution < -0.4 is 4.90 Å². The van der Waals surface area contributed by atoms with Crippen molar-refractivity contribution in [2.75, 3.05) is 4.90 Å². The number of hydrogen-bond acceptors (Lipinski definition) is 4. The monoisotopic (exact) mass is 373 g/mol. The molecule has 4 rings (SSSR count). The molecule has 1 saturated heterocycles. The van der Waals surface area contributed by atoms with Crippen LogP contribution in [0.15, 0.2) is 54.6 Å². The lowest BCUT2D eigenvalue weighted by atomic mass is 9.69. The lowest BCUT2D eigenvalue weighted by Crippen LogP contribution is -2.43. The van der Waals surface area contributed by atoms with Crippen LogP contribution in [0, 0.1) is 28.1 Å². The number of fused-ring (bicyclic) bond motifs is 3. The molecule has 2 heterocycles. The predicted molar refractivity (Wildman–Crippen MR) is 104 cm³/mol. The van der Waals surface area contributed by atoms with Crippen molar-refractivity contribution in [1.82, 2.24) is 0 Å². The predicted octanol–water partition coefficient (Wildman–Crippen LogP) is 4.33. The topological polar surface area (TPSA) is 67.9 Å².